The van der Waals surface area contributed by atoms with Crippen LogP contribution in [0.1, 0.15) is 25.5 Å². The number of hydrogen-bond donors (Lipinski definition) is 0. The minimum atomic E-state index is -0.440. The van der Waals surface area contributed by atoms with Gasteiger partial charge in [0.05, 0.1) is 17.4 Å². The molecule has 34 heavy (non-hydrogen) atoms. The first-order chi connectivity index (χ1) is 16.5. The smallest absolute Gasteiger partial charge is 0.353 e. The first kappa shape index (κ1) is 23.1. The van der Waals surface area contributed by atoms with Crippen molar-refractivity contribution in [3.05, 3.63) is 34.5 Å². The van der Waals surface area contributed by atoms with Crippen molar-refractivity contribution in [2.24, 2.45) is 5.92 Å². The number of ether oxygens (including phenoxy) is 1. The van der Waals surface area contributed by atoms with Crippen molar-refractivity contribution in [1.29, 1.82) is 5.26 Å². The number of hydrogen-bond acceptors (Lipinski definition) is 12. The summed E-state index contributed by atoms with van der Waals surface area (Å²) in [6.45, 7) is 4.99. The van der Waals surface area contributed by atoms with Gasteiger partial charge >= 0.3 is 11.7 Å². The third kappa shape index (κ3) is 4.66. The predicted octanol–water partition coefficient (Wildman–Crippen LogP) is 1.15. The summed E-state index contributed by atoms with van der Waals surface area (Å²) in [5, 5.41) is 21.4. The number of piperidine rings is 1. The lowest BCUT2D eigenvalue weighted by Gasteiger charge is -2.36. The second kappa shape index (κ2) is 10.2. The van der Waals surface area contributed by atoms with E-state index in [4.69, 9.17) is 4.74 Å². The molecule has 0 saturated carbocycles. The Morgan fingerprint density at radius 1 is 1.03 bits per heavy atom. The van der Waals surface area contributed by atoms with Crippen molar-refractivity contribution in [2.45, 2.75) is 19.8 Å². The Balaban J connectivity index is 1.50. The molecule has 0 aromatic carbocycles. The third-order valence-electron chi connectivity index (χ3n) is 6.04. The second-order valence-corrected chi connectivity index (χ2v) is 7.95. The zero-order chi connectivity index (χ0) is 24.1. The maximum atomic E-state index is 12.1. The topological polar surface area (TPSA) is 155 Å². The third-order valence-corrected chi connectivity index (χ3v) is 6.04. The van der Waals surface area contributed by atoms with Gasteiger partial charge in [-0.1, -0.05) is 0 Å². The molecule has 0 amide bonds. The van der Waals surface area contributed by atoms with Crippen LogP contribution < -0.4 is 14.7 Å². The fourth-order valence-corrected chi connectivity index (χ4v) is 4.34. The Morgan fingerprint density at radius 3 is 2.15 bits per heavy atom. The van der Waals surface area contributed by atoms with E-state index in [2.05, 4.69) is 19.9 Å². The van der Waals surface area contributed by atoms with E-state index in [1.54, 1.807) is 6.92 Å². The zero-order valence-corrected chi connectivity index (χ0v) is 18.8. The highest BCUT2D eigenvalue weighted by Gasteiger charge is 2.34. The minimum Gasteiger partial charge on any atom is -0.466 e. The first-order valence-electron chi connectivity index (χ1n) is 11.2. The van der Waals surface area contributed by atoms with Crippen LogP contribution in [0.15, 0.2) is 18.7 Å². The number of esters is 1. The van der Waals surface area contributed by atoms with Crippen LogP contribution in [0.4, 0.5) is 23.1 Å². The largest absolute Gasteiger partial charge is 0.466 e. The van der Waals surface area contributed by atoms with E-state index in [-0.39, 0.29) is 34.9 Å². The molecular formula is C21H25N9O4. The standard InChI is InChI=1S/C21H25N9O4/c1-2-34-21(31)15-3-7-27(8-4-15)19-17(30(32)33)20(26-14-25-19)29-11-9-28(10-12-29)18-16(13-22)23-5-6-24-18/h5-6,14-15H,2-4,7-12H2,1H3. The zero-order valence-electron chi connectivity index (χ0n) is 18.8. The van der Waals surface area contributed by atoms with Gasteiger partial charge in [-0.15, -0.1) is 0 Å². The van der Waals surface area contributed by atoms with E-state index in [1.165, 1.54) is 18.7 Å². The molecule has 13 heteroatoms. The molecule has 0 unspecified atom stereocenters. The number of nitrogens with zero attached hydrogens (tertiary/aromatic N) is 9. The van der Waals surface area contributed by atoms with Crippen molar-refractivity contribution in [2.75, 3.05) is 60.6 Å². The average molecular weight is 467 g/mol. The second-order valence-electron chi connectivity index (χ2n) is 7.95. The van der Waals surface area contributed by atoms with Gasteiger partial charge in [-0.05, 0) is 19.8 Å². The van der Waals surface area contributed by atoms with Crippen molar-refractivity contribution < 1.29 is 14.5 Å². The lowest BCUT2D eigenvalue weighted by atomic mass is 9.97. The maximum Gasteiger partial charge on any atom is 0.353 e. The predicted molar refractivity (Wildman–Crippen MR) is 121 cm³/mol. The fourth-order valence-electron chi connectivity index (χ4n) is 4.34. The molecule has 2 aliphatic rings. The van der Waals surface area contributed by atoms with Gasteiger partial charge in [-0.3, -0.25) is 14.9 Å². The molecule has 2 aromatic rings. The SMILES string of the molecule is CCOC(=O)C1CCN(c2ncnc(N3CCN(c4nccnc4C#N)CC3)c2[N+](=O)[O-])CC1. The van der Waals surface area contributed by atoms with Gasteiger partial charge in [0.25, 0.3) is 0 Å². The van der Waals surface area contributed by atoms with Crippen LogP contribution in [0, 0.1) is 27.4 Å². The molecular weight excluding hydrogens is 442 g/mol. The monoisotopic (exact) mass is 467 g/mol. The van der Waals surface area contributed by atoms with E-state index in [0.29, 0.717) is 64.5 Å². The van der Waals surface area contributed by atoms with Gasteiger partial charge in [-0.2, -0.15) is 5.26 Å². The molecule has 2 saturated heterocycles. The Labute approximate surface area is 196 Å². The number of anilines is 3. The van der Waals surface area contributed by atoms with Gasteiger partial charge in [0.1, 0.15) is 12.4 Å². The lowest BCUT2D eigenvalue weighted by Crippen LogP contribution is -2.47. The van der Waals surface area contributed by atoms with Crippen LogP contribution in [0.25, 0.3) is 0 Å². The van der Waals surface area contributed by atoms with Crippen LogP contribution >= 0.6 is 0 Å². The van der Waals surface area contributed by atoms with Gasteiger partial charge in [0, 0.05) is 51.7 Å². The maximum absolute atomic E-state index is 12.1. The normalized spacial score (nSPS) is 16.8. The molecule has 4 heterocycles. The van der Waals surface area contributed by atoms with Crippen LogP contribution in [-0.2, 0) is 9.53 Å². The lowest BCUT2D eigenvalue weighted by molar-refractivity contribution is -0.383. The van der Waals surface area contributed by atoms with Gasteiger partial charge < -0.3 is 19.4 Å². The quantitative estimate of drug-likeness (QED) is 0.340. The molecule has 13 nitrogen and oxygen atoms in total. The van der Waals surface area contributed by atoms with Gasteiger partial charge in [-0.25, -0.2) is 19.9 Å². The van der Waals surface area contributed by atoms with Crippen LogP contribution in [0.5, 0.6) is 0 Å². The molecule has 0 spiro atoms. The summed E-state index contributed by atoms with van der Waals surface area (Å²) in [6.07, 6.45) is 5.45. The fraction of sp³-hybridized carbons (Fsp3) is 0.524. The van der Waals surface area contributed by atoms with Crippen molar-refractivity contribution >= 4 is 29.1 Å². The Bertz CT molecular complexity index is 1090. The Morgan fingerprint density at radius 2 is 1.59 bits per heavy atom. The van der Waals surface area contributed by atoms with E-state index in [9.17, 15) is 20.2 Å². The van der Waals surface area contributed by atoms with Gasteiger partial charge in [0.2, 0.25) is 11.6 Å². The summed E-state index contributed by atoms with van der Waals surface area (Å²) in [5.74, 6) is 0.610. The average Bonchev–Trinajstić information content (AvgIpc) is 2.88. The van der Waals surface area contributed by atoms with Crippen molar-refractivity contribution in [1.82, 2.24) is 19.9 Å². The molecule has 2 aliphatic heterocycles. The van der Waals surface area contributed by atoms with Crippen LogP contribution in [0.2, 0.25) is 0 Å². The molecule has 0 aliphatic carbocycles. The molecule has 178 valence electrons. The molecule has 4 rings (SSSR count). The molecule has 0 bridgehead atoms. The highest BCUT2D eigenvalue weighted by molar-refractivity contribution is 5.74. The van der Waals surface area contributed by atoms with E-state index in [1.807, 2.05) is 20.8 Å². The first-order valence-corrected chi connectivity index (χ1v) is 11.2. The molecule has 2 fully saturated rings. The summed E-state index contributed by atoms with van der Waals surface area (Å²) in [5.41, 5.74) is 0.111. The number of carbonyl (C=O) groups excluding carboxylic acids is 1. The van der Waals surface area contributed by atoms with E-state index >= 15 is 0 Å². The Hall–Kier alpha value is -4.08. The van der Waals surface area contributed by atoms with Crippen molar-refractivity contribution in [3.8, 4) is 6.07 Å². The summed E-state index contributed by atoms with van der Waals surface area (Å²) in [7, 11) is 0. The number of carbonyl (C=O) groups is 1. The van der Waals surface area contributed by atoms with Crippen LogP contribution in [-0.4, -0.2) is 76.7 Å². The van der Waals surface area contributed by atoms with E-state index in [0.717, 1.165) is 0 Å². The summed E-state index contributed by atoms with van der Waals surface area (Å²) in [4.78, 5) is 46.1. The minimum absolute atomic E-state index is 0.136. The summed E-state index contributed by atoms with van der Waals surface area (Å²) < 4.78 is 5.11. The number of nitro groups is 1. The molecule has 0 atom stereocenters. The number of rotatable bonds is 6. The summed E-state index contributed by atoms with van der Waals surface area (Å²) >= 11 is 0. The van der Waals surface area contributed by atoms with Gasteiger partial charge in [0.15, 0.2) is 11.5 Å². The highest BCUT2D eigenvalue weighted by Crippen LogP contribution is 2.36. The van der Waals surface area contributed by atoms with Crippen molar-refractivity contribution in [3.63, 3.8) is 0 Å². The number of piperazine rings is 1. The summed E-state index contributed by atoms with van der Waals surface area (Å²) in [6, 6.07) is 2.05. The molecule has 2 aromatic heterocycles. The Kier molecular flexibility index (Phi) is 6.95. The molecule has 0 radical (unpaired) electrons. The van der Waals surface area contributed by atoms with Crippen LogP contribution in [0.3, 0.4) is 0 Å². The highest BCUT2D eigenvalue weighted by atomic mass is 16.6. The molecule has 0 N–H and O–H groups in total. The number of aromatic nitrogens is 4. The van der Waals surface area contributed by atoms with E-state index < -0.39 is 4.92 Å². The number of nitriles is 1.